The lowest BCUT2D eigenvalue weighted by molar-refractivity contribution is -0.136. The SMILES string of the molecule is O=C(NCCCCC1CCN(C(=O)C2CCS(=O)(=O)C2)CC1)N1Cc2ccncc2C1. The Morgan fingerprint density at radius 2 is 1.84 bits per heavy atom. The number of carbonyl (C=O) groups is 2. The molecule has 31 heavy (non-hydrogen) atoms. The summed E-state index contributed by atoms with van der Waals surface area (Å²) in [6, 6.07) is 1.95. The number of rotatable bonds is 6. The number of hydrogen-bond donors (Lipinski definition) is 1. The van der Waals surface area contributed by atoms with E-state index < -0.39 is 9.84 Å². The maximum Gasteiger partial charge on any atom is 0.318 e. The van der Waals surface area contributed by atoms with E-state index >= 15 is 0 Å². The summed E-state index contributed by atoms with van der Waals surface area (Å²) in [5, 5.41) is 3.02. The molecule has 170 valence electrons. The number of fused-ring (bicyclic) bond motifs is 1. The van der Waals surface area contributed by atoms with Gasteiger partial charge in [-0.2, -0.15) is 0 Å². The van der Waals surface area contributed by atoms with Gasteiger partial charge < -0.3 is 15.1 Å². The molecule has 0 spiro atoms. The molecule has 3 amide bonds. The fraction of sp³-hybridized carbons (Fsp3) is 0.682. The van der Waals surface area contributed by atoms with Gasteiger partial charge in [0, 0.05) is 45.1 Å². The number of urea groups is 1. The maximum absolute atomic E-state index is 12.6. The monoisotopic (exact) mass is 448 g/mol. The number of carbonyl (C=O) groups excluding carboxylic acids is 2. The van der Waals surface area contributed by atoms with Crippen molar-refractivity contribution in [3.05, 3.63) is 29.6 Å². The molecule has 0 bridgehead atoms. The van der Waals surface area contributed by atoms with Crippen molar-refractivity contribution in [1.29, 1.82) is 0 Å². The lowest BCUT2D eigenvalue weighted by Crippen LogP contribution is -2.42. The van der Waals surface area contributed by atoms with Crippen LogP contribution in [0.1, 0.15) is 49.7 Å². The van der Waals surface area contributed by atoms with Gasteiger partial charge in [0.1, 0.15) is 0 Å². The van der Waals surface area contributed by atoms with E-state index in [4.69, 9.17) is 0 Å². The van der Waals surface area contributed by atoms with E-state index in [1.165, 1.54) is 5.56 Å². The predicted molar refractivity (Wildman–Crippen MR) is 117 cm³/mol. The van der Waals surface area contributed by atoms with Crippen LogP contribution in [0.5, 0.6) is 0 Å². The third kappa shape index (κ3) is 5.56. The van der Waals surface area contributed by atoms with Crippen molar-refractivity contribution < 1.29 is 18.0 Å². The summed E-state index contributed by atoms with van der Waals surface area (Å²) in [5.41, 5.74) is 2.29. The van der Waals surface area contributed by atoms with E-state index in [0.717, 1.165) is 50.8 Å². The van der Waals surface area contributed by atoms with Gasteiger partial charge in [-0.25, -0.2) is 13.2 Å². The molecule has 1 aromatic rings. The van der Waals surface area contributed by atoms with Gasteiger partial charge in [-0.1, -0.05) is 12.8 Å². The minimum absolute atomic E-state index is 0.0167. The Bertz CT molecular complexity index is 887. The number of pyridine rings is 1. The number of nitrogens with one attached hydrogen (secondary N) is 1. The number of unbranched alkanes of at least 4 members (excludes halogenated alkanes) is 1. The highest BCUT2D eigenvalue weighted by Gasteiger charge is 2.36. The van der Waals surface area contributed by atoms with Crippen molar-refractivity contribution in [1.82, 2.24) is 20.1 Å². The highest BCUT2D eigenvalue weighted by molar-refractivity contribution is 7.91. The van der Waals surface area contributed by atoms with Crippen LogP contribution in [0.2, 0.25) is 0 Å². The second kappa shape index (κ2) is 9.54. The molecule has 3 aliphatic heterocycles. The molecule has 2 saturated heterocycles. The van der Waals surface area contributed by atoms with E-state index in [2.05, 4.69) is 10.3 Å². The molecule has 3 aliphatic rings. The molecule has 1 N–H and O–H groups in total. The fourth-order valence-corrected chi connectivity index (χ4v) is 6.65. The zero-order valence-corrected chi connectivity index (χ0v) is 18.8. The van der Waals surface area contributed by atoms with Crippen LogP contribution in [0.4, 0.5) is 4.79 Å². The number of likely N-dealkylation sites (tertiary alicyclic amines) is 1. The van der Waals surface area contributed by atoms with E-state index in [-0.39, 0.29) is 29.4 Å². The molecule has 4 rings (SSSR count). The molecule has 4 heterocycles. The Morgan fingerprint density at radius 1 is 1.06 bits per heavy atom. The van der Waals surface area contributed by atoms with Crippen LogP contribution < -0.4 is 5.32 Å². The Balaban J connectivity index is 1.08. The summed E-state index contributed by atoms with van der Waals surface area (Å²) in [7, 11) is -3.02. The number of sulfone groups is 1. The van der Waals surface area contributed by atoms with Gasteiger partial charge in [0.05, 0.1) is 17.4 Å². The van der Waals surface area contributed by atoms with Crippen molar-refractivity contribution in [2.24, 2.45) is 11.8 Å². The molecule has 0 aromatic carbocycles. The average molecular weight is 449 g/mol. The summed E-state index contributed by atoms with van der Waals surface area (Å²) in [4.78, 5) is 32.7. The molecule has 1 atom stereocenters. The van der Waals surface area contributed by atoms with Crippen LogP contribution in [-0.2, 0) is 27.7 Å². The average Bonchev–Trinajstić information content (AvgIpc) is 3.36. The first-order valence-electron chi connectivity index (χ1n) is 11.3. The smallest absolute Gasteiger partial charge is 0.318 e. The molecule has 2 fully saturated rings. The quantitative estimate of drug-likeness (QED) is 0.671. The minimum atomic E-state index is -3.02. The molecule has 0 saturated carbocycles. The van der Waals surface area contributed by atoms with Crippen molar-refractivity contribution >= 4 is 21.8 Å². The highest BCUT2D eigenvalue weighted by atomic mass is 32.2. The number of aromatic nitrogens is 1. The number of hydrogen-bond acceptors (Lipinski definition) is 5. The summed E-state index contributed by atoms with van der Waals surface area (Å²) < 4.78 is 23.2. The molecule has 0 aliphatic carbocycles. The predicted octanol–water partition coefficient (Wildman–Crippen LogP) is 1.95. The number of nitrogens with zero attached hydrogens (tertiary/aromatic N) is 3. The molecule has 1 aromatic heterocycles. The Hall–Kier alpha value is -2.16. The van der Waals surface area contributed by atoms with Crippen molar-refractivity contribution in [3.63, 3.8) is 0 Å². The lowest BCUT2D eigenvalue weighted by atomic mass is 9.91. The third-order valence-electron chi connectivity index (χ3n) is 6.84. The minimum Gasteiger partial charge on any atom is -0.342 e. The van der Waals surface area contributed by atoms with Gasteiger partial charge in [0.2, 0.25) is 5.91 Å². The molecular formula is C22H32N4O4S. The first-order chi connectivity index (χ1) is 14.9. The number of piperidine rings is 1. The van der Waals surface area contributed by atoms with Gasteiger partial charge in [0.15, 0.2) is 9.84 Å². The maximum atomic E-state index is 12.6. The molecular weight excluding hydrogens is 416 g/mol. The van der Waals surface area contributed by atoms with Crippen LogP contribution in [0, 0.1) is 11.8 Å². The van der Waals surface area contributed by atoms with Gasteiger partial charge >= 0.3 is 6.03 Å². The van der Waals surface area contributed by atoms with Crippen LogP contribution >= 0.6 is 0 Å². The van der Waals surface area contributed by atoms with Crippen LogP contribution in [0.25, 0.3) is 0 Å². The zero-order chi connectivity index (χ0) is 21.8. The largest absolute Gasteiger partial charge is 0.342 e. The van der Waals surface area contributed by atoms with Crippen molar-refractivity contribution in [2.45, 2.75) is 51.6 Å². The van der Waals surface area contributed by atoms with E-state index in [1.54, 1.807) is 6.20 Å². The first kappa shape index (κ1) is 22.0. The lowest BCUT2D eigenvalue weighted by Gasteiger charge is -2.33. The van der Waals surface area contributed by atoms with Crippen LogP contribution in [0.3, 0.4) is 0 Å². The molecule has 0 radical (unpaired) electrons. The zero-order valence-electron chi connectivity index (χ0n) is 18.0. The van der Waals surface area contributed by atoms with Crippen molar-refractivity contribution in [2.75, 3.05) is 31.1 Å². The van der Waals surface area contributed by atoms with Gasteiger partial charge in [-0.05, 0) is 48.8 Å². The van der Waals surface area contributed by atoms with Crippen molar-refractivity contribution in [3.8, 4) is 0 Å². The van der Waals surface area contributed by atoms with Crippen LogP contribution in [-0.4, -0.2) is 66.3 Å². The van der Waals surface area contributed by atoms with Crippen LogP contribution in [0.15, 0.2) is 18.5 Å². The molecule has 1 unspecified atom stereocenters. The highest BCUT2D eigenvalue weighted by Crippen LogP contribution is 2.26. The third-order valence-corrected chi connectivity index (χ3v) is 8.61. The first-order valence-corrected chi connectivity index (χ1v) is 13.2. The summed E-state index contributed by atoms with van der Waals surface area (Å²) >= 11 is 0. The Labute approximate surface area is 184 Å². The Kier molecular flexibility index (Phi) is 6.79. The van der Waals surface area contributed by atoms with Gasteiger partial charge in [-0.3, -0.25) is 9.78 Å². The van der Waals surface area contributed by atoms with E-state index in [1.807, 2.05) is 22.1 Å². The second-order valence-electron chi connectivity index (χ2n) is 9.10. The van der Waals surface area contributed by atoms with Gasteiger partial charge in [0.25, 0.3) is 0 Å². The van der Waals surface area contributed by atoms with E-state index in [9.17, 15) is 18.0 Å². The van der Waals surface area contributed by atoms with E-state index in [0.29, 0.717) is 32.0 Å². The summed E-state index contributed by atoms with van der Waals surface area (Å²) in [6.45, 7) is 3.42. The fourth-order valence-electron chi connectivity index (χ4n) is 4.92. The summed E-state index contributed by atoms with van der Waals surface area (Å²) in [6.07, 6.45) is 9.16. The number of amides is 3. The normalized spacial score (nSPS) is 23.0. The summed E-state index contributed by atoms with van der Waals surface area (Å²) in [5.74, 6) is 0.482. The Morgan fingerprint density at radius 3 is 2.55 bits per heavy atom. The topological polar surface area (TPSA) is 99.7 Å². The molecule has 9 heteroatoms. The second-order valence-corrected chi connectivity index (χ2v) is 11.3. The molecule has 8 nitrogen and oxygen atoms in total. The standard InChI is InChI=1S/C22H32N4O4S/c27-21(19-7-12-31(29,30)16-19)25-10-5-17(6-11-25)3-1-2-8-24-22(28)26-14-18-4-9-23-13-20(18)15-26/h4,9,13,17,19H,1-3,5-8,10-12,14-16H2,(H,24,28). The van der Waals surface area contributed by atoms with Gasteiger partial charge in [-0.15, -0.1) is 0 Å².